The Morgan fingerprint density at radius 1 is 1.43 bits per heavy atom. The van der Waals surface area contributed by atoms with Gasteiger partial charge in [-0.1, -0.05) is 42.5 Å². The first-order chi connectivity index (χ1) is 12.0. The van der Waals surface area contributed by atoms with E-state index in [9.17, 15) is 4.79 Å². The van der Waals surface area contributed by atoms with Gasteiger partial charge in [-0.2, -0.15) is 0 Å². The number of ether oxygens (including phenoxy) is 1. The number of carbonyl (C=O) groups is 1. The molecule has 2 atom stereocenters. The number of rotatable bonds is 4. The number of likely N-dealkylation sites (N-methyl/N-ethyl adjacent to an activating group) is 1. The van der Waals surface area contributed by atoms with Gasteiger partial charge in [-0.15, -0.1) is 12.4 Å². The Morgan fingerprint density at radius 3 is 2.76 bits per heavy atom. The van der Waals surface area contributed by atoms with E-state index in [2.05, 4.69) is 0 Å². The second kappa shape index (κ2) is 7.62. The Hall–Kier alpha value is -1.32. The molecule has 116 valence electrons. The molecular weight excluding hydrogens is 286 g/mol. The summed E-state index contributed by atoms with van der Waals surface area (Å²) in [5, 5.41) is 0. The lowest BCUT2D eigenvalue weighted by molar-refractivity contribution is -0.152. The fraction of sp³-hybridized carbons (Fsp3) is 0.471. The number of esters is 1. The predicted octanol–water partition coefficient (Wildman–Crippen LogP) is 3.19. The Morgan fingerprint density at radius 2 is 2.14 bits per heavy atom. The molecule has 0 radical (unpaired) electrons. The molecule has 2 rings (SSSR count). The zero-order chi connectivity index (χ0) is 19.6. The monoisotopic (exact) mass is 315 g/mol. The lowest BCUT2D eigenvalue weighted by atomic mass is 9.68. The summed E-state index contributed by atoms with van der Waals surface area (Å²) in [4.78, 5) is 13.5. The van der Waals surface area contributed by atoms with Crippen molar-refractivity contribution in [1.29, 1.82) is 0 Å². The normalized spacial score (nSPS) is 29.9. The number of hydrogen-bond donors (Lipinski definition) is 0. The highest BCUT2D eigenvalue weighted by molar-refractivity contribution is 5.85. The molecule has 0 saturated carbocycles. The molecular formula is C17H24ClNO2. The number of nitrogens with zero attached hydrogens (tertiary/aromatic N) is 1. The second-order valence-corrected chi connectivity index (χ2v) is 4.84. The van der Waals surface area contributed by atoms with Crippen molar-refractivity contribution >= 4 is 18.4 Å². The van der Waals surface area contributed by atoms with E-state index in [1.54, 1.807) is 43.3 Å². The summed E-state index contributed by atoms with van der Waals surface area (Å²) in [6.45, 7) is -4.05. The fourth-order valence-electron chi connectivity index (χ4n) is 2.81. The molecule has 0 amide bonds. The molecule has 0 aliphatic heterocycles. The number of halogens is 1. The lowest BCUT2D eigenvalue weighted by Crippen LogP contribution is -2.54. The minimum absolute atomic E-state index is 0. The van der Waals surface area contributed by atoms with Crippen LogP contribution in [-0.4, -0.2) is 37.5 Å². The highest BCUT2D eigenvalue weighted by Gasteiger charge is 2.49. The molecule has 0 unspecified atom stereocenters. The highest BCUT2D eigenvalue weighted by atomic mass is 35.5. The van der Waals surface area contributed by atoms with Gasteiger partial charge in [0.2, 0.25) is 0 Å². The zero-order valence-electron chi connectivity index (χ0n) is 17.9. The molecule has 0 aromatic heterocycles. The second-order valence-electron chi connectivity index (χ2n) is 4.84. The standard InChI is InChI=1S/C17H23NO2.ClH/c1-4-20-16(19)17(14-10-6-5-7-11-14)13-9-8-12-15(17)18(2)3;/h5-8,10-12,15H,4,9,13H2,1-3H3;1H/t15-,17-;/m1./s1/i2D3,3D3;. The van der Waals surface area contributed by atoms with Gasteiger partial charge >= 0.3 is 5.97 Å². The first-order valence-corrected chi connectivity index (χ1v) is 6.74. The van der Waals surface area contributed by atoms with E-state index < -0.39 is 31.4 Å². The average Bonchev–Trinajstić information content (AvgIpc) is 2.54. The molecule has 1 aromatic carbocycles. The first kappa shape index (κ1) is 10.4. The number of hydrogen-bond acceptors (Lipinski definition) is 3. The van der Waals surface area contributed by atoms with Crippen molar-refractivity contribution in [3.05, 3.63) is 48.0 Å². The Balaban J connectivity index is 0.00000364. The third-order valence-electron chi connectivity index (χ3n) is 3.74. The molecule has 1 aliphatic carbocycles. The van der Waals surface area contributed by atoms with Crippen LogP contribution in [0.25, 0.3) is 0 Å². The SMILES string of the molecule is Cl.[2H]C([2H])([2H])N([C@@H]1C=CCC[C@@]1(C(=O)OCC)c1ccccc1)C([2H])([2H])[2H]. The summed E-state index contributed by atoms with van der Waals surface area (Å²) in [5.74, 6) is -0.612. The zero-order valence-corrected chi connectivity index (χ0v) is 12.7. The summed E-state index contributed by atoms with van der Waals surface area (Å²) in [6.07, 6.45) is 4.00. The molecule has 0 N–H and O–H groups in total. The maximum Gasteiger partial charge on any atom is 0.318 e. The van der Waals surface area contributed by atoms with Gasteiger partial charge in [0.25, 0.3) is 0 Å². The summed E-state index contributed by atoms with van der Waals surface area (Å²) >= 11 is 0. The van der Waals surface area contributed by atoms with Crippen LogP contribution in [0.2, 0.25) is 0 Å². The smallest absolute Gasteiger partial charge is 0.318 e. The number of allylic oxidation sites excluding steroid dienone is 1. The quantitative estimate of drug-likeness (QED) is 0.631. The van der Waals surface area contributed by atoms with E-state index >= 15 is 0 Å². The third kappa shape index (κ3) is 3.30. The topological polar surface area (TPSA) is 29.5 Å². The molecule has 0 spiro atoms. The maximum absolute atomic E-state index is 13.0. The average molecular weight is 316 g/mol. The summed E-state index contributed by atoms with van der Waals surface area (Å²) in [7, 11) is 0. The van der Waals surface area contributed by atoms with Gasteiger partial charge in [0, 0.05) is 14.3 Å². The first-order valence-electron chi connectivity index (χ1n) is 9.74. The Labute approximate surface area is 141 Å². The summed E-state index contributed by atoms with van der Waals surface area (Å²) < 4.78 is 51.9. The number of carbonyl (C=O) groups excluding carboxylic acids is 1. The minimum Gasteiger partial charge on any atom is -0.465 e. The van der Waals surface area contributed by atoms with Crippen LogP contribution < -0.4 is 0 Å². The molecule has 1 aromatic rings. The van der Waals surface area contributed by atoms with Gasteiger partial charge in [0.15, 0.2) is 0 Å². The van der Waals surface area contributed by atoms with Gasteiger partial charge in [-0.25, -0.2) is 0 Å². The predicted molar refractivity (Wildman–Crippen MR) is 87.9 cm³/mol. The molecule has 0 bridgehead atoms. The van der Waals surface area contributed by atoms with Crippen molar-refractivity contribution in [3.63, 3.8) is 0 Å². The maximum atomic E-state index is 13.0. The van der Waals surface area contributed by atoms with Crippen LogP contribution in [-0.2, 0) is 14.9 Å². The van der Waals surface area contributed by atoms with E-state index in [-0.39, 0.29) is 25.4 Å². The van der Waals surface area contributed by atoms with Crippen LogP contribution in [0.1, 0.15) is 33.6 Å². The van der Waals surface area contributed by atoms with E-state index in [1.807, 2.05) is 0 Å². The van der Waals surface area contributed by atoms with Gasteiger partial charge in [0.1, 0.15) is 5.41 Å². The minimum atomic E-state index is -2.91. The lowest BCUT2D eigenvalue weighted by Gasteiger charge is -2.42. The van der Waals surface area contributed by atoms with Crippen LogP contribution in [0.15, 0.2) is 42.5 Å². The van der Waals surface area contributed by atoms with E-state index in [1.165, 1.54) is 6.08 Å². The van der Waals surface area contributed by atoms with Crippen molar-refractivity contribution in [2.45, 2.75) is 31.2 Å². The highest BCUT2D eigenvalue weighted by Crippen LogP contribution is 2.40. The number of benzene rings is 1. The van der Waals surface area contributed by atoms with Crippen LogP contribution in [0.4, 0.5) is 0 Å². The Bertz CT molecular complexity index is 648. The van der Waals surface area contributed by atoms with Crippen molar-refractivity contribution < 1.29 is 17.8 Å². The van der Waals surface area contributed by atoms with Gasteiger partial charge in [-0.3, -0.25) is 4.79 Å². The Kier molecular flexibility index (Phi) is 3.78. The van der Waals surface area contributed by atoms with Crippen LogP contribution in [0.3, 0.4) is 0 Å². The molecule has 3 nitrogen and oxygen atoms in total. The largest absolute Gasteiger partial charge is 0.465 e. The van der Waals surface area contributed by atoms with E-state index in [4.69, 9.17) is 13.0 Å². The molecule has 0 fully saturated rings. The van der Waals surface area contributed by atoms with E-state index in [0.29, 0.717) is 16.9 Å². The fourth-order valence-corrected chi connectivity index (χ4v) is 2.81. The molecule has 1 aliphatic rings. The van der Waals surface area contributed by atoms with Crippen molar-refractivity contribution in [2.75, 3.05) is 20.6 Å². The van der Waals surface area contributed by atoms with Crippen molar-refractivity contribution in [3.8, 4) is 0 Å². The third-order valence-corrected chi connectivity index (χ3v) is 3.74. The van der Waals surface area contributed by atoms with Crippen molar-refractivity contribution in [2.24, 2.45) is 0 Å². The van der Waals surface area contributed by atoms with Crippen LogP contribution in [0.5, 0.6) is 0 Å². The molecule has 21 heavy (non-hydrogen) atoms. The summed E-state index contributed by atoms with van der Waals surface area (Å²) in [5.41, 5.74) is -0.860. The van der Waals surface area contributed by atoms with Gasteiger partial charge in [0.05, 0.1) is 6.61 Å². The summed E-state index contributed by atoms with van der Waals surface area (Å²) in [6, 6.07) is 7.49. The van der Waals surface area contributed by atoms with E-state index in [0.717, 1.165) is 0 Å². The van der Waals surface area contributed by atoms with Crippen molar-refractivity contribution in [1.82, 2.24) is 4.90 Å². The van der Waals surface area contributed by atoms with Crippen LogP contribution >= 0.6 is 12.4 Å². The molecule has 0 heterocycles. The van der Waals surface area contributed by atoms with Crippen LogP contribution in [0, 0.1) is 0 Å². The van der Waals surface area contributed by atoms with Gasteiger partial charge < -0.3 is 9.64 Å². The molecule has 4 heteroatoms. The van der Waals surface area contributed by atoms with Gasteiger partial charge in [-0.05, 0) is 39.3 Å². The molecule has 0 saturated heterocycles.